The van der Waals surface area contributed by atoms with E-state index in [9.17, 15) is 0 Å². The summed E-state index contributed by atoms with van der Waals surface area (Å²) in [5.74, 6) is 0. The number of allylic oxidation sites excluding steroid dienone is 1. The molecule has 0 aromatic carbocycles. The molecule has 0 aliphatic rings. The van der Waals surface area contributed by atoms with Crippen LogP contribution >= 0.6 is 0 Å². The van der Waals surface area contributed by atoms with E-state index in [1.807, 2.05) is 19.1 Å². The average molecular weight is 171 g/mol. The van der Waals surface area contributed by atoms with Gasteiger partial charge in [-0.15, -0.1) is 0 Å². The van der Waals surface area contributed by atoms with E-state index in [1.165, 1.54) is 6.42 Å². The highest BCUT2D eigenvalue weighted by atomic mass is 16.5. The third kappa shape index (κ3) is 9.66. The molecule has 0 unspecified atom stereocenters. The normalized spacial score (nSPS) is 11.2. The lowest BCUT2D eigenvalue weighted by Gasteiger charge is -2.01. The Morgan fingerprint density at radius 1 is 1.33 bits per heavy atom. The summed E-state index contributed by atoms with van der Waals surface area (Å²) < 4.78 is 5.34. The SMILES string of the molecule is CC=CCOCCCCNCC. The van der Waals surface area contributed by atoms with Crippen LogP contribution in [0.3, 0.4) is 0 Å². The van der Waals surface area contributed by atoms with Crippen molar-refractivity contribution in [3.05, 3.63) is 12.2 Å². The van der Waals surface area contributed by atoms with Gasteiger partial charge in [0.1, 0.15) is 0 Å². The topological polar surface area (TPSA) is 21.3 Å². The van der Waals surface area contributed by atoms with Crippen LogP contribution in [0.1, 0.15) is 26.7 Å². The van der Waals surface area contributed by atoms with Crippen molar-refractivity contribution in [2.45, 2.75) is 26.7 Å². The molecule has 0 rings (SSSR count). The smallest absolute Gasteiger partial charge is 0.0647 e. The Morgan fingerprint density at radius 2 is 2.17 bits per heavy atom. The van der Waals surface area contributed by atoms with Crippen LogP contribution in [0.2, 0.25) is 0 Å². The second-order valence-corrected chi connectivity index (χ2v) is 2.70. The maximum Gasteiger partial charge on any atom is 0.0647 e. The largest absolute Gasteiger partial charge is 0.377 e. The molecule has 0 fully saturated rings. The third-order valence-electron chi connectivity index (χ3n) is 1.59. The fourth-order valence-electron chi connectivity index (χ4n) is 0.879. The van der Waals surface area contributed by atoms with Gasteiger partial charge in [-0.2, -0.15) is 0 Å². The minimum absolute atomic E-state index is 0.762. The molecule has 0 atom stereocenters. The lowest BCUT2D eigenvalue weighted by atomic mass is 10.3. The van der Waals surface area contributed by atoms with E-state index in [0.717, 1.165) is 32.7 Å². The van der Waals surface area contributed by atoms with Crippen molar-refractivity contribution >= 4 is 0 Å². The van der Waals surface area contributed by atoms with Gasteiger partial charge in [-0.3, -0.25) is 0 Å². The molecule has 0 aliphatic heterocycles. The second kappa shape index (κ2) is 10.7. The van der Waals surface area contributed by atoms with E-state index in [2.05, 4.69) is 12.2 Å². The fraction of sp³-hybridized carbons (Fsp3) is 0.800. The van der Waals surface area contributed by atoms with Gasteiger partial charge in [0.05, 0.1) is 6.61 Å². The Balaban J connectivity index is 2.81. The summed E-state index contributed by atoms with van der Waals surface area (Å²) in [4.78, 5) is 0. The molecular weight excluding hydrogens is 150 g/mol. The molecule has 0 radical (unpaired) electrons. The minimum Gasteiger partial charge on any atom is -0.377 e. The number of hydrogen-bond donors (Lipinski definition) is 1. The van der Waals surface area contributed by atoms with Gasteiger partial charge in [-0.25, -0.2) is 0 Å². The van der Waals surface area contributed by atoms with Crippen LogP contribution in [0, 0.1) is 0 Å². The quantitative estimate of drug-likeness (QED) is 0.445. The zero-order valence-electron chi connectivity index (χ0n) is 8.31. The number of nitrogens with one attached hydrogen (secondary N) is 1. The molecule has 0 aliphatic carbocycles. The summed E-state index contributed by atoms with van der Waals surface area (Å²) in [7, 11) is 0. The van der Waals surface area contributed by atoms with Gasteiger partial charge in [0.2, 0.25) is 0 Å². The maximum absolute atomic E-state index is 5.34. The molecular formula is C10H21NO. The zero-order valence-corrected chi connectivity index (χ0v) is 8.31. The van der Waals surface area contributed by atoms with Gasteiger partial charge >= 0.3 is 0 Å². The number of hydrogen-bond acceptors (Lipinski definition) is 2. The standard InChI is InChI=1S/C10H21NO/c1-3-5-9-12-10-7-6-8-11-4-2/h3,5,11H,4,6-10H2,1-2H3. The first kappa shape index (κ1) is 11.7. The van der Waals surface area contributed by atoms with Crippen molar-refractivity contribution in [3.63, 3.8) is 0 Å². The summed E-state index contributed by atoms with van der Waals surface area (Å²) in [5.41, 5.74) is 0. The van der Waals surface area contributed by atoms with Crippen molar-refractivity contribution in [2.24, 2.45) is 0 Å². The van der Waals surface area contributed by atoms with E-state index in [4.69, 9.17) is 4.74 Å². The number of unbranched alkanes of at least 4 members (excludes halogenated alkanes) is 1. The first-order chi connectivity index (χ1) is 5.91. The first-order valence-corrected chi connectivity index (χ1v) is 4.81. The van der Waals surface area contributed by atoms with Crippen LogP contribution < -0.4 is 5.32 Å². The van der Waals surface area contributed by atoms with Gasteiger partial charge in [0.25, 0.3) is 0 Å². The minimum atomic E-state index is 0.762. The molecule has 0 spiro atoms. The lowest BCUT2D eigenvalue weighted by molar-refractivity contribution is 0.157. The highest BCUT2D eigenvalue weighted by Gasteiger charge is 1.87. The predicted octanol–water partition coefficient (Wildman–Crippen LogP) is 1.97. The summed E-state index contributed by atoms with van der Waals surface area (Å²) in [5, 5.41) is 3.28. The highest BCUT2D eigenvalue weighted by molar-refractivity contribution is 4.75. The molecule has 0 saturated carbocycles. The van der Waals surface area contributed by atoms with Crippen molar-refractivity contribution in [3.8, 4) is 0 Å². The molecule has 2 heteroatoms. The fourth-order valence-corrected chi connectivity index (χ4v) is 0.879. The van der Waals surface area contributed by atoms with Crippen LogP contribution in [0.5, 0.6) is 0 Å². The van der Waals surface area contributed by atoms with Gasteiger partial charge in [0, 0.05) is 6.61 Å². The first-order valence-electron chi connectivity index (χ1n) is 4.81. The van der Waals surface area contributed by atoms with Gasteiger partial charge in [-0.05, 0) is 32.9 Å². The lowest BCUT2D eigenvalue weighted by Crippen LogP contribution is -2.14. The van der Waals surface area contributed by atoms with Crippen LogP contribution in [0.15, 0.2) is 12.2 Å². The Kier molecular flexibility index (Phi) is 10.4. The molecule has 0 aromatic heterocycles. The third-order valence-corrected chi connectivity index (χ3v) is 1.59. The molecule has 0 bridgehead atoms. The van der Waals surface area contributed by atoms with Crippen molar-refractivity contribution < 1.29 is 4.74 Å². The van der Waals surface area contributed by atoms with Gasteiger partial charge in [0.15, 0.2) is 0 Å². The van der Waals surface area contributed by atoms with Gasteiger partial charge in [-0.1, -0.05) is 19.1 Å². The van der Waals surface area contributed by atoms with Crippen LogP contribution in [-0.2, 0) is 4.74 Å². The molecule has 0 saturated heterocycles. The number of rotatable bonds is 8. The molecule has 12 heavy (non-hydrogen) atoms. The highest BCUT2D eigenvalue weighted by Crippen LogP contribution is 1.88. The molecule has 72 valence electrons. The summed E-state index contributed by atoms with van der Waals surface area (Å²) >= 11 is 0. The van der Waals surface area contributed by atoms with E-state index >= 15 is 0 Å². The van der Waals surface area contributed by atoms with Crippen molar-refractivity contribution in [2.75, 3.05) is 26.3 Å². The van der Waals surface area contributed by atoms with E-state index < -0.39 is 0 Å². The Hall–Kier alpha value is -0.340. The van der Waals surface area contributed by atoms with E-state index in [-0.39, 0.29) is 0 Å². The van der Waals surface area contributed by atoms with Crippen molar-refractivity contribution in [1.29, 1.82) is 0 Å². The van der Waals surface area contributed by atoms with E-state index in [1.54, 1.807) is 0 Å². The Morgan fingerprint density at radius 3 is 2.83 bits per heavy atom. The Labute approximate surface area is 76.0 Å². The van der Waals surface area contributed by atoms with Crippen molar-refractivity contribution in [1.82, 2.24) is 5.32 Å². The summed E-state index contributed by atoms with van der Waals surface area (Å²) in [6.45, 7) is 7.97. The van der Waals surface area contributed by atoms with Gasteiger partial charge < -0.3 is 10.1 Å². The van der Waals surface area contributed by atoms with Crippen LogP contribution in [-0.4, -0.2) is 26.3 Å². The maximum atomic E-state index is 5.34. The average Bonchev–Trinajstić information content (AvgIpc) is 2.10. The summed E-state index contributed by atoms with van der Waals surface area (Å²) in [6, 6.07) is 0. The van der Waals surface area contributed by atoms with Crippen LogP contribution in [0.4, 0.5) is 0 Å². The van der Waals surface area contributed by atoms with E-state index in [0.29, 0.717) is 0 Å². The van der Waals surface area contributed by atoms with Crippen LogP contribution in [0.25, 0.3) is 0 Å². The zero-order chi connectivity index (χ0) is 9.07. The molecule has 0 amide bonds. The molecule has 2 nitrogen and oxygen atoms in total. The Bertz CT molecular complexity index is 102. The molecule has 0 heterocycles. The molecule has 1 N–H and O–H groups in total. The monoisotopic (exact) mass is 171 g/mol. The molecule has 0 aromatic rings. The predicted molar refractivity (Wildman–Crippen MR) is 53.4 cm³/mol. The number of ether oxygens (including phenoxy) is 1. The summed E-state index contributed by atoms with van der Waals surface area (Å²) in [6.07, 6.45) is 6.41. The second-order valence-electron chi connectivity index (χ2n) is 2.70.